The molecule has 0 aliphatic heterocycles. The molecule has 1 aromatic carbocycles. The predicted molar refractivity (Wildman–Crippen MR) is 108 cm³/mol. The number of aryl methyl sites for hydroxylation is 2. The molecule has 4 rings (SSSR count). The third kappa shape index (κ3) is 2.90. The number of hydrogen-bond acceptors (Lipinski definition) is 6. The SMILES string of the molecule is Cc1sc2cnc(Nc3cnn(C)c3)nc2c1-c1ccccc1N(C)C. The lowest BCUT2D eigenvalue weighted by Gasteiger charge is -2.17. The van der Waals surface area contributed by atoms with Crippen LogP contribution in [0.1, 0.15) is 4.88 Å². The fourth-order valence-corrected chi connectivity index (χ4v) is 4.06. The summed E-state index contributed by atoms with van der Waals surface area (Å²) in [6.07, 6.45) is 5.55. The van der Waals surface area contributed by atoms with E-state index in [-0.39, 0.29) is 0 Å². The monoisotopic (exact) mass is 364 g/mol. The average Bonchev–Trinajstić information content (AvgIpc) is 3.16. The number of thiophene rings is 1. The summed E-state index contributed by atoms with van der Waals surface area (Å²) >= 11 is 1.73. The third-order valence-electron chi connectivity index (χ3n) is 4.22. The van der Waals surface area contributed by atoms with Crippen molar-refractivity contribution in [3.63, 3.8) is 0 Å². The largest absolute Gasteiger partial charge is 0.377 e. The Morgan fingerprint density at radius 2 is 1.96 bits per heavy atom. The molecule has 26 heavy (non-hydrogen) atoms. The number of hydrogen-bond donors (Lipinski definition) is 1. The first-order valence-electron chi connectivity index (χ1n) is 8.31. The molecule has 0 atom stereocenters. The highest BCUT2D eigenvalue weighted by Crippen LogP contribution is 2.41. The minimum absolute atomic E-state index is 0.576. The summed E-state index contributed by atoms with van der Waals surface area (Å²) in [7, 11) is 6.01. The predicted octanol–water partition coefficient (Wildman–Crippen LogP) is 4.21. The Morgan fingerprint density at radius 1 is 1.15 bits per heavy atom. The zero-order valence-corrected chi connectivity index (χ0v) is 16.0. The zero-order valence-electron chi connectivity index (χ0n) is 15.2. The first-order valence-corrected chi connectivity index (χ1v) is 9.13. The van der Waals surface area contributed by atoms with Gasteiger partial charge in [0.25, 0.3) is 0 Å². The molecule has 3 heterocycles. The lowest BCUT2D eigenvalue weighted by molar-refractivity contribution is 0.768. The molecule has 0 saturated heterocycles. The van der Waals surface area contributed by atoms with E-state index in [2.05, 4.69) is 65.6 Å². The summed E-state index contributed by atoms with van der Waals surface area (Å²) in [5.41, 5.74) is 5.38. The molecule has 0 aliphatic rings. The molecule has 0 aliphatic carbocycles. The van der Waals surface area contributed by atoms with E-state index in [4.69, 9.17) is 4.98 Å². The van der Waals surface area contributed by atoms with Gasteiger partial charge in [0.15, 0.2) is 0 Å². The van der Waals surface area contributed by atoms with Crippen LogP contribution in [0.4, 0.5) is 17.3 Å². The van der Waals surface area contributed by atoms with Crippen LogP contribution in [0.2, 0.25) is 0 Å². The summed E-state index contributed by atoms with van der Waals surface area (Å²) in [4.78, 5) is 12.6. The lowest BCUT2D eigenvalue weighted by atomic mass is 10.0. The van der Waals surface area contributed by atoms with Crippen molar-refractivity contribution in [2.24, 2.45) is 7.05 Å². The van der Waals surface area contributed by atoms with Crippen molar-refractivity contribution >= 4 is 38.9 Å². The van der Waals surface area contributed by atoms with Gasteiger partial charge in [0.2, 0.25) is 5.95 Å². The van der Waals surface area contributed by atoms with Crippen LogP contribution in [0.25, 0.3) is 21.3 Å². The molecule has 0 spiro atoms. The smallest absolute Gasteiger partial charge is 0.227 e. The highest BCUT2D eigenvalue weighted by atomic mass is 32.1. The second-order valence-corrected chi connectivity index (χ2v) is 7.64. The first-order chi connectivity index (χ1) is 12.5. The van der Waals surface area contributed by atoms with E-state index in [1.807, 2.05) is 19.4 Å². The number of nitrogens with zero attached hydrogens (tertiary/aromatic N) is 5. The Bertz CT molecular complexity index is 1080. The molecule has 3 aromatic heterocycles. The standard InChI is InChI=1S/C19H20N6S/c1-12-17(14-7-5-6-8-15(14)24(2)3)18-16(26-12)10-20-19(23-18)22-13-9-21-25(4)11-13/h5-11H,1-4H3,(H,20,22,23). The van der Waals surface area contributed by atoms with E-state index in [9.17, 15) is 0 Å². The van der Waals surface area contributed by atoms with Crippen molar-refractivity contribution < 1.29 is 0 Å². The zero-order chi connectivity index (χ0) is 18.3. The van der Waals surface area contributed by atoms with E-state index in [1.165, 1.54) is 21.7 Å². The summed E-state index contributed by atoms with van der Waals surface area (Å²) in [5.74, 6) is 0.576. The maximum Gasteiger partial charge on any atom is 0.227 e. The molecular weight excluding hydrogens is 344 g/mol. The van der Waals surface area contributed by atoms with Gasteiger partial charge in [-0.05, 0) is 13.0 Å². The van der Waals surface area contributed by atoms with Crippen molar-refractivity contribution in [1.29, 1.82) is 0 Å². The Hall–Kier alpha value is -2.93. The van der Waals surface area contributed by atoms with Crippen LogP contribution in [0.15, 0.2) is 42.9 Å². The number of benzene rings is 1. The molecule has 7 heteroatoms. The summed E-state index contributed by atoms with van der Waals surface area (Å²) < 4.78 is 2.83. The van der Waals surface area contributed by atoms with Crippen molar-refractivity contribution in [3.05, 3.63) is 47.7 Å². The van der Waals surface area contributed by atoms with Gasteiger partial charge in [0.1, 0.15) is 0 Å². The van der Waals surface area contributed by atoms with E-state index >= 15 is 0 Å². The molecule has 4 aromatic rings. The minimum Gasteiger partial charge on any atom is -0.377 e. The van der Waals surface area contributed by atoms with Crippen LogP contribution in [0.3, 0.4) is 0 Å². The molecular formula is C19H20N6S. The van der Waals surface area contributed by atoms with Crippen LogP contribution >= 0.6 is 11.3 Å². The minimum atomic E-state index is 0.576. The summed E-state index contributed by atoms with van der Waals surface area (Å²) in [5, 5.41) is 7.40. The van der Waals surface area contributed by atoms with Gasteiger partial charge in [0, 0.05) is 49.0 Å². The number of nitrogens with one attached hydrogen (secondary N) is 1. The lowest BCUT2D eigenvalue weighted by Crippen LogP contribution is -2.09. The van der Waals surface area contributed by atoms with E-state index in [0.29, 0.717) is 5.95 Å². The van der Waals surface area contributed by atoms with E-state index in [1.54, 1.807) is 22.2 Å². The molecule has 132 valence electrons. The average molecular weight is 364 g/mol. The molecule has 0 fully saturated rings. The van der Waals surface area contributed by atoms with Gasteiger partial charge in [-0.2, -0.15) is 5.10 Å². The normalized spacial score (nSPS) is 11.1. The summed E-state index contributed by atoms with van der Waals surface area (Å²) in [6.45, 7) is 2.14. The van der Waals surface area contributed by atoms with Gasteiger partial charge < -0.3 is 10.2 Å². The van der Waals surface area contributed by atoms with Gasteiger partial charge in [-0.15, -0.1) is 11.3 Å². The number of rotatable bonds is 4. The third-order valence-corrected chi connectivity index (χ3v) is 5.25. The van der Waals surface area contributed by atoms with Crippen LogP contribution in [0, 0.1) is 6.92 Å². The van der Waals surface area contributed by atoms with Crippen LogP contribution in [-0.2, 0) is 7.05 Å². The fraction of sp³-hybridized carbons (Fsp3) is 0.211. The molecule has 0 saturated carbocycles. The Balaban J connectivity index is 1.85. The number of anilines is 3. The second kappa shape index (κ2) is 6.42. The Kier molecular flexibility index (Phi) is 4.08. The van der Waals surface area contributed by atoms with Crippen LogP contribution < -0.4 is 10.2 Å². The Morgan fingerprint density at radius 3 is 2.69 bits per heavy atom. The number of para-hydroxylation sites is 1. The van der Waals surface area contributed by atoms with Crippen LogP contribution in [-0.4, -0.2) is 33.8 Å². The van der Waals surface area contributed by atoms with Crippen LogP contribution in [0.5, 0.6) is 0 Å². The van der Waals surface area contributed by atoms with E-state index in [0.717, 1.165) is 15.9 Å². The second-order valence-electron chi connectivity index (χ2n) is 6.38. The van der Waals surface area contributed by atoms with Gasteiger partial charge >= 0.3 is 0 Å². The maximum absolute atomic E-state index is 4.81. The van der Waals surface area contributed by atoms with E-state index < -0.39 is 0 Å². The molecule has 1 N–H and O–H groups in total. The molecule has 0 bridgehead atoms. The number of aromatic nitrogens is 4. The first kappa shape index (κ1) is 16.5. The maximum atomic E-state index is 4.81. The topological polar surface area (TPSA) is 58.9 Å². The van der Waals surface area contributed by atoms with Crippen molar-refractivity contribution in [3.8, 4) is 11.1 Å². The quantitative estimate of drug-likeness (QED) is 0.588. The van der Waals surface area contributed by atoms with Gasteiger partial charge in [-0.25, -0.2) is 9.97 Å². The van der Waals surface area contributed by atoms with Crippen molar-refractivity contribution in [2.75, 3.05) is 24.3 Å². The summed E-state index contributed by atoms with van der Waals surface area (Å²) in [6, 6.07) is 8.42. The van der Waals surface area contributed by atoms with Crippen molar-refractivity contribution in [2.45, 2.75) is 6.92 Å². The molecule has 0 amide bonds. The van der Waals surface area contributed by atoms with Gasteiger partial charge in [0.05, 0.1) is 28.3 Å². The van der Waals surface area contributed by atoms with Crippen molar-refractivity contribution in [1.82, 2.24) is 19.7 Å². The molecule has 0 radical (unpaired) electrons. The number of fused-ring (bicyclic) bond motifs is 1. The van der Waals surface area contributed by atoms with Gasteiger partial charge in [-0.3, -0.25) is 4.68 Å². The van der Waals surface area contributed by atoms with Gasteiger partial charge in [-0.1, -0.05) is 18.2 Å². The molecule has 6 nitrogen and oxygen atoms in total. The highest BCUT2D eigenvalue weighted by Gasteiger charge is 2.17. The highest BCUT2D eigenvalue weighted by molar-refractivity contribution is 7.19. The Labute approximate surface area is 156 Å². The fourth-order valence-electron chi connectivity index (χ4n) is 3.07. The molecule has 0 unspecified atom stereocenters.